The summed E-state index contributed by atoms with van der Waals surface area (Å²) < 4.78 is 0. The lowest BCUT2D eigenvalue weighted by Gasteiger charge is -2.37. The Labute approximate surface area is 111 Å². The average molecular weight is 252 g/mol. The van der Waals surface area contributed by atoms with E-state index in [1.54, 1.807) is 0 Å². The van der Waals surface area contributed by atoms with E-state index in [1.807, 2.05) is 0 Å². The molecule has 1 saturated heterocycles. The summed E-state index contributed by atoms with van der Waals surface area (Å²) in [5, 5.41) is 3.40. The first-order valence-electron chi connectivity index (χ1n) is 7.73. The number of piperidine rings is 1. The van der Waals surface area contributed by atoms with E-state index in [2.05, 4.69) is 24.1 Å². The first kappa shape index (κ1) is 13.9. The molecule has 1 heterocycles. The van der Waals surface area contributed by atoms with E-state index < -0.39 is 0 Å². The molecule has 0 aromatic heterocycles. The summed E-state index contributed by atoms with van der Waals surface area (Å²) in [7, 11) is 0. The van der Waals surface area contributed by atoms with Crippen molar-refractivity contribution >= 4 is 5.91 Å². The number of carbonyl (C=O) groups excluding carboxylic acids is 1. The molecule has 0 radical (unpaired) electrons. The zero-order chi connectivity index (χ0) is 13.0. The molecule has 3 nitrogen and oxygen atoms in total. The van der Waals surface area contributed by atoms with Crippen LogP contribution in [-0.2, 0) is 4.79 Å². The Morgan fingerprint density at radius 1 is 1.22 bits per heavy atom. The van der Waals surface area contributed by atoms with Crippen LogP contribution >= 0.6 is 0 Å². The van der Waals surface area contributed by atoms with Gasteiger partial charge in [-0.1, -0.05) is 26.2 Å². The Kier molecular flexibility index (Phi) is 5.04. The first-order valence-corrected chi connectivity index (χ1v) is 7.73. The van der Waals surface area contributed by atoms with Crippen molar-refractivity contribution in [2.24, 2.45) is 11.8 Å². The summed E-state index contributed by atoms with van der Waals surface area (Å²) in [6.07, 6.45) is 7.45. The van der Waals surface area contributed by atoms with Crippen molar-refractivity contribution in [3.05, 3.63) is 0 Å². The second-order valence-corrected chi connectivity index (χ2v) is 6.11. The van der Waals surface area contributed by atoms with Crippen molar-refractivity contribution in [2.45, 2.75) is 58.4 Å². The van der Waals surface area contributed by atoms with Crippen LogP contribution in [0.1, 0.15) is 52.4 Å². The van der Waals surface area contributed by atoms with Crippen molar-refractivity contribution < 1.29 is 4.79 Å². The Hall–Kier alpha value is -0.570. The fraction of sp³-hybridized carbons (Fsp3) is 0.933. The fourth-order valence-electron chi connectivity index (χ4n) is 3.57. The van der Waals surface area contributed by atoms with Gasteiger partial charge in [0.2, 0.25) is 5.91 Å². The van der Waals surface area contributed by atoms with E-state index in [4.69, 9.17) is 0 Å². The summed E-state index contributed by atoms with van der Waals surface area (Å²) >= 11 is 0. The van der Waals surface area contributed by atoms with Crippen molar-refractivity contribution in [2.75, 3.05) is 19.6 Å². The molecule has 0 aromatic rings. The standard InChI is InChI=1S/C15H28N2O/c1-3-17(14-7-5-4-6-8-14)15(18)13-9-12(2)10-16-11-13/h12-14,16H,3-11H2,1-2H3. The topological polar surface area (TPSA) is 32.3 Å². The van der Waals surface area contributed by atoms with E-state index in [1.165, 1.54) is 32.1 Å². The molecule has 18 heavy (non-hydrogen) atoms. The molecule has 2 atom stereocenters. The van der Waals surface area contributed by atoms with Crippen LogP contribution in [0.25, 0.3) is 0 Å². The molecule has 3 heteroatoms. The highest BCUT2D eigenvalue weighted by Gasteiger charge is 2.31. The Morgan fingerprint density at radius 3 is 2.56 bits per heavy atom. The number of hydrogen-bond acceptors (Lipinski definition) is 2. The van der Waals surface area contributed by atoms with Crippen molar-refractivity contribution in [3.8, 4) is 0 Å². The average Bonchev–Trinajstić information content (AvgIpc) is 2.41. The van der Waals surface area contributed by atoms with Gasteiger partial charge in [0, 0.05) is 19.1 Å². The van der Waals surface area contributed by atoms with E-state index >= 15 is 0 Å². The molecular formula is C15H28N2O. The van der Waals surface area contributed by atoms with Gasteiger partial charge in [0.1, 0.15) is 0 Å². The van der Waals surface area contributed by atoms with Crippen molar-refractivity contribution in [1.82, 2.24) is 10.2 Å². The second-order valence-electron chi connectivity index (χ2n) is 6.11. The second kappa shape index (κ2) is 6.55. The third-order valence-corrected chi connectivity index (χ3v) is 4.56. The van der Waals surface area contributed by atoms with Crippen LogP contribution in [0.5, 0.6) is 0 Å². The Bertz CT molecular complexity index is 274. The molecule has 1 N–H and O–H groups in total. The van der Waals surface area contributed by atoms with E-state index in [0.717, 1.165) is 26.1 Å². The smallest absolute Gasteiger partial charge is 0.227 e. The molecule has 2 fully saturated rings. The maximum atomic E-state index is 12.7. The highest BCUT2D eigenvalue weighted by Crippen LogP contribution is 2.26. The van der Waals surface area contributed by atoms with Crippen LogP contribution in [0, 0.1) is 11.8 Å². The van der Waals surface area contributed by atoms with Gasteiger partial charge < -0.3 is 10.2 Å². The molecule has 2 rings (SSSR count). The van der Waals surface area contributed by atoms with Gasteiger partial charge in [0.25, 0.3) is 0 Å². The molecule has 2 unspecified atom stereocenters. The predicted octanol–water partition coefficient (Wildman–Crippen LogP) is 2.41. The maximum Gasteiger partial charge on any atom is 0.227 e. The molecule has 1 saturated carbocycles. The molecular weight excluding hydrogens is 224 g/mol. The molecule has 1 amide bonds. The zero-order valence-corrected chi connectivity index (χ0v) is 12.0. The maximum absolute atomic E-state index is 12.7. The molecule has 1 aliphatic carbocycles. The van der Waals surface area contributed by atoms with Crippen LogP contribution < -0.4 is 5.32 Å². The van der Waals surface area contributed by atoms with Crippen LogP contribution in [-0.4, -0.2) is 36.5 Å². The lowest BCUT2D eigenvalue weighted by Crippen LogP contribution is -2.49. The highest BCUT2D eigenvalue weighted by molar-refractivity contribution is 5.79. The van der Waals surface area contributed by atoms with Gasteiger partial charge in [-0.05, 0) is 38.6 Å². The van der Waals surface area contributed by atoms with Crippen LogP contribution in [0.4, 0.5) is 0 Å². The number of nitrogens with one attached hydrogen (secondary N) is 1. The van der Waals surface area contributed by atoms with E-state index in [9.17, 15) is 4.79 Å². The third-order valence-electron chi connectivity index (χ3n) is 4.56. The third kappa shape index (κ3) is 3.25. The molecule has 0 bridgehead atoms. The van der Waals surface area contributed by atoms with Crippen molar-refractivity contribution in [1.29, 1.82) is 0 Å². The first-order chi connectivity index (χ1) is 8.72. The SMILES string of the molecule is CCN(C(=O)C1CNCC(C)C1)C1CCCCC1. The molecule has 2 aliphatic rings. The summed E-state index contributed by atoms with van der Waals surface area (Å²) in [6, 6.07) is 0.522. The number of carbonyl (C=O) groups is 1. The minimum absolute atomic E-state index is 0.218. The van der Waals surface area contributed by atoms with Crippen molar-refractivity contribution in [3.63, 3.8) is 0 Å². The van der Waals surface area contributed by atoms with Gasteiger partial charge in [-0.3, -0.25) is 4.79 Å². The van der Waals surface area contributed by atoms with E-state index in [0.29, 0.717) is 17.9 Å². The molecule has 104 valence electrons. The Balaban J connectivity index is 1.95. The summed E-state index contributed by atoms with van der Waals surface area (Å²) in [5.74, 6) is 1.26. The van der Waals surface area contributed by atoms with Crippen LogP contribution in [0.3, 0.4) is 0 Å². The quantitative estimate of drug-likeness (QED) is 0.836. The van der Waals surface area contributed by atoms with E-state index in [-0.39, 0.29) is 5.92 Å². The number of rotatable bonds is 3. The van der Waals surface area contributed by atoms with Gasteiger partial charge in [-0.2, -0.15) is 0 Å². The number of amides is 1. The lowest BCUT2D eigenvalue weighted by molar-refractivity contribution is -0.139. The lowest BCUT2D eigenvalue weighted by atomic mass is 9.88. The largest absolute Gasteiger partial charge is 0.340 e. The van der Waals surface area contributed by atoms with Gasteiger partial charge >= 0.3 is 0 Å². The van der Waals surface area contributed by atoms with Gasteiger partial charge in [-0.15, -0.1) is 0 Å². The zero-order valence-electron chi connectivity index (χ0n) is 12.0. The predicted molar refractivity (Wildman–Crippen MR) is 74.4 cm³/mol. The van der Waals surface area contributed by atoms with Gasteiger partial charge in [-0.25, -0.2) is 0 Å². The van der Waals surface area contributed by atoms with Gasteiger partial charge in [0.15, 0.2) is 0 Å². The number of hydrogen-bond donors (Lipinski definition) is 1. The minimum atomic E-state index is 0.218. The molecule has 1 aliphatic heterocycles. The van der Waals surface area contributed by atoms with Crippen LogP contribution in [0.15, 0.2) is 0 Å². The summed E-state index contributed by atoms with van der Waals surface area (Å²) in [4.78, 5) is 14.8. The fourth-order valence-corrected chi connectivity index (χ4v) is 3.57. The Morgan fingerprint density at radius 2 is 1.94 bits per heavy atom. The summed E-state index contributed by atoms with van der Waals surface area (Å²) in [5.41, 5.74) is 0. The monoisotopic (exact) mass is 252 g/mol. The molecule has 0 spiro atoms. The number of nitrogens with zero attached hydrogens (tertiary/aromatic N) is 1. The normalized spacial score (nSPS) is 30.1. The summed E-state index contributed by atoms with van der Waals surface area (Å²) in [6.45, 7) is 7.20. The minimum Gasteiger partial charge on any atom is -0.340 e. The highest BCUT2D eigenvalue weighted by atomic mass is 16.2. The molecule has 0 aromatic carbocycles. The van der Waals surface area contributed by atoms with Crippen LogP contribution in [0.2, 0.25) is 0 Å². The van der Waals surface area contributed by atoms with Gasteiger partial charge in [0.05, 0.1) is 5.92 Å².